The molecule has 1 fully saturated rings. The quantitative estimate of drug-likeness (QED) is 0.718. The Morgan fingerprint density at radius 1 is 1.36 bits per heavy atom. The van der Waals surface area contributed by atoms with Gasteiger partial charge in [0.25, 0.3) is 0 Å². The van der Waals surface area contributed by atoms with E-state index in [4.69, 9.17) is 32.7 Å². The molecule has 0 radical (unpaired) electrons. The van der Waals surface area contributed by atoms with E-state index >= 15 is 0 Å². The second-order valence-corrected chi connectivity index (χ2v) is 6.21. The van der Waals surface area contributed by atoms with Gasteiger partial charge in [0.2, 0.25) is 5.79 Å². The number of alkyl halides is 4. The number of nitrogens with zero attached hydrogens (tertiary/aromatic N) is 3. The van der Waals surface area contributed by atoms with Crippen LogP contribution < -0.4 is 0 Å². The summed E-state index contributed by atoms with van der Waals surface area (Å²) in [6.07, 6.45) is -3.53. The van der Waals surface area contributed by atoms with Gasteiger partial charge in [-0.3, -0.25) is 0 Å². The summed E-state index contributed by atoms with van der Waals surface area (Å²) in [5, 5.41) is 4.24. The molecule has 1 saturated heterocycles. The van der Waals surface area contributed by atoms with E-state index in [0.29, 0.717) is 5.02 Å². The van der Waals surface area contributed by atoms with Crippen LogP contribution in [0.4, 0.5) is 17.6 Å². The van der Waals surface area contributed by atoms with Crippen LogP contribution in [0.1, 0.15) is 5.56 Å². The Labute approximate surface area is 149 Å². The van der Waals surface area contributed by atoms with Crippen molar-refractivity contribution in [3.8, 4) is 0 Å². The molecule has 0 saturated carbocycles. The van der Waals surface area contributed by atoms with Crippen molar-refractivity contribution >= 4 is 23.2 Å². The first-order chi connectivity index (χ1) is 11.7. The second-order valence-electron chi connectivity index (χ2n) is 5.36. The summed E-state index contributed by atoms with van der Waals surface area (Å²) >= 11 is 12.0. The van der Waals surface area contributed by atoms with Crippen LogP contribution in [-0.4, -0.2) is 39.8 Å². The van der Waals surface area contributed by atoms with E-state index in [9.17, 15) is 17.6 Å². The lowest BCUT2D eigenvalue weighted by molar-refractivity contribution is -0.242. The van der Waals surface area contributed by atoms with E-state index in [1.54, 1.807) is 0 Å². The molecule has 0 N–H and O–H groups in total. The molecule has 0 bridgehead atoms. The van der Waals surface area contributed by atoms with Crippen LogP contribution in [0.5, 0.6) is 0 Å². The fourth-order valence-corrected chi connectivity index (χ4v) is 3.03. The SMILES string of the molecule is FC(F)C(F)(F)C1COC(Cn2cncn2)(c2ccc(Cl)cc2Cl)O1. The lowest BCUT2D eigenvalue weighted by Crippen LogP contribution is -2.44. The minimum absolute atomic E-state index is 0.0774. The molecular formula is C14H11Cl2F4N3O2. The smallest absolute Gasteiger partial charge is 0.335 e. The first-order valence-electron chi connectivity index (χ1n) is 7.00. The molecule has 3 rings (SSSR count). The van der Waals surface area contributed by atoms with Gasteiger partial charge in [-0.05, 0) is 12.1 Å². The van der Waals surface area contributed by atoms with E-state index in [1.165, 1.54) is 35.5 Å². The first-order valence-corrected chi connectivity index (χ1v) is 7.76. The summed E-state index contributed by atoms with van der Waals surface area (Å²) in [6.45, 7) is -0.963. The predicted octanol–water partition coefficient (Wildman–Crippen LogP) is 3.75. The minimum Gasteiger partial charge on any atom is -0.341 e. The molecule has 0 spiro atoms. The molecule has 1 aliphatic heterocycles. The normalized spacial score (nSPS) is 24.2. The van der Waals surface area contributed by atoms with Gasteiger partial charge in [-0.25, -0.2) is 18.4 Å². The number of hydrogen-bond donors (Lipinski definition) is 0. The average Bonchev–Trinajstić information content (AvgIpc) is 3.18. The van der Waals surface area contributed by atoms with Crippen molar-refractivity contribution in [2.24, 2.45) is 0 Å². The summed E-state index contributed by atoms with van der Waals surface area (Å²) in [5.74, 6) is -6.22. The van der Waals surface area contributed by atoms with E-state index in [1.807, 2.05) is 0 Å². The van der Waals surface area contributed by atoms with Crippen molar-refractivity contribution in [1.29, 1.82) is 0 Å². The largest absolute Gasteiger partial charge is 0.341 e. The van der Waals surface area contributed by atoms with Crippen LogP contribution in [-0.2, 0) is 21.8 Å². The standard InChI is InChI=1S/C14H11Cl2F4N3O2/c15-8-1-2-9(10(16)3-8)13(5-23-7-21-6-22-23)24-4-11(25-13)14(19,20)12(17)18/h1-3,6-7,11-12H,4-5H2. The molecule has 1 aromatic heterocycles. The maximum absolute atomic E-state index is 13.7. The van der Waals surface area contributed by atoms with Crippen molar-refractivity contribution < 1.29 is 27.0 Å². The highest BCUT2D eigenvalue weighted by atomic mass is 35.5. The number of rotatable bonds is 5. The monoisotopic (exact) mass is 399 g/mol. The summed E-state index contributed by atoms with van der Waals surface area (Å²) in [7, 11) is 0. The first kappa shape index (κ1) is 18.4. The lowest BCUT2D eigenvalue weighted by Gasteiger charge is -2.30. The van der Waals surface area contributed by atoms with Gasteiger partial charge in [-0.15, -0.1) is 0 Å². The van der Waals surface area contributed by atoms with Crippen LogP contribution in [0.25, 0.3) is 0 Å². The van der Waals surface area contributed by atoms with Gasteiger partial charge < -0.3 is 9.47 Å². The molecule has 2 atom stereocenters. The third-order valence-electron chi connectivity index (χ3n) is 3.70. The molecular weight excluding hydrogens is 389 g/mol. The molecule has 0 amide bonds. The van der Waals surface area contributed by atoms with E-state index in [2.05, 4.69) is 10.1 Å². The zero-order valence-corrected chi connectivity index (χ0v) is 13.9. The van der Waals surface area contributed by atoms with Gasteiger partial charge in [0.05, 0.1) is 11.6 Å². The predicted molar refractivity (Wildman–Crippen MR) is 79.9 cm³/mol. The number of benzene rings is 1. The van der Waals surface area contributed by atoms with Gasteiger partial charge >= 0.3 is 12.3 Å². The summed E-state index contributed by atoms with van der Waals surface area (Å²) in [5.41, 5.74) is 0.168. The van der Waals surface area contributed by atoms with Gasteiger partial charge in [0, 0.05) is 10.6 Å². The molecule has 2 unspecified atom stereocenters. The Balaban J connectivity index is 2.00. The summed E-state index contributed by atoms with van der Waals surface area (Å²) in [4.78, 5) is 3.74. The fourth-order valence-electron chi connectivity index (χ4n) is 2.47. The second kappa shape index (κ2) is 6.71. The van der Waals surface area contributed by atoms with Crippen molar-refractivity contribution in [2.45, 2.75) is 30.8 Å². The Morgan fingerprint density at radius 2 is 2.12 bits per heavy atom. The van der Waals surface area contributed by atoms with E-state index in [0.717, 1.165) is 0 Å². The van der Waals surface area contributed by atoms with Crippen molar-refractivity contribution in [1.82, 2.24) is 14.8 Å². The molecule has 25 heavy (non-hydrogen) atoms. The minimum atomic E-state index is -4.39. The van der Waals surface area contributed by atoms with Crippen LogP contribution in [0.15, 0.2) is 30.9 Å². The fraction of sp³-hybridized carbons (Fsp3) is 0.429. The Hall–Kier alpha value is -1.42. The Morgan fingerprint density at radius 3 is 2.72 bits per heavy atom. The number of aromatic nitrogens is 3. The molecule has 136 valence electrons. The highest BCUT2D eigenvalue weighted by Gasteiger charge is 2.58. The van der Waals surface area contributed by atoms with Crippen molar-refractivity contribution in [3.05, 3.63) is 46.5 Å². The van der Waals surface area contributed by atoms with Crippen LogP contribution in [0, 0.1) is 0 Å². The molecule has 2 heterocycles. The van der Waals surface area contributed by atoms with Crippen LogP contribution in [0.3, 0.4) is 0 Å². The third kappa shape index (κ3) is 3.46. The number of hydrogen-bond acceptors (Lipinski definition) is 4. The van der Waals surface area contributed by atoms with Crippen LogP contribution in [0.2, 0.25) is 10.0 Å². The van der Waals surface area contributed by atoms with Crippen molar-refractivity contribution in [2.75, 3.05) is 6.61 Å². The van der Waals surface area contributed by atoms with Crippen molar-refractivity contribution in [3.63, 3.8) is 0 Å². The number of ether oxygens (including phenoxy) is 2. The number of halogens is 6. The maximum atomic E-state index is 13.7. The van der Waals surface area contributed by atoms with E-state index < -0.39 is 30.8 Å². The molecule has 0 aliphatic carbocycles. The highest BCUT2D eigenvalue weighted by molar-refractivity contribution is 6.35. The zero-order valence-electron chi connectivity index (χ0n) is 12.4. The van der Waals surface area contributed by atoms with Gasteiger partial charge in [0.1, 0.15) is 19.2 Å². The lowest BCUT2D eigenvalue weighted by atomic mass is 10.1. The summed E-state index contributed by atoms with van der Waals surface area (Å²) < 4.78 is 64.7. The Bertz CT molecular complexity index is 748. The molecule has 5 nitrogen and oxygen atoms in total. The maximum Gasteiger partial charge on any atom is 0.335 e. The Kier molecular flexibility index (Phi) is 4.93. The zero-order chi connectivity index (χ0) is 18.2. The molecule has 1 aliphatic rings. The molecule has 11 heteroatoms. The topological polar surface area (TPSA) is 49.2 Å². The molecule has 1 aromatic carbocycles. The molecule has 2 aromatic rings. The highest BCUT2D eigenvalue weighted by Crippen LogP contribution is 2.44. The van der Waals surface area contributed by atoms with E-state index in [-0.39, 0.29) is 17.1 Å². The third-order valence-corrected chi connectivity index (χ3v) is 4.25. The van der Waals surface area contributed by atoms with Crippen LogP contribution >= 0.6 is 23.2 Å². The van der Waals surface area contributed by atoms with Gasteiger partial charge in [0.15, 0.2) is 6.10 Å². The van der Waals surface area contributed by atoms with Gasteiger partial charge in [-0.2, -0.15) is 13.9 Å². The van der Waals surface area contributed by atoms with Gasteiger partial charge in [-0.1, -0.05) is 29.3 Å². The average molecular weight is 400 g/mol. The summed E-state index contributed by atoms with van der Waals surface area (Å²) in [6, 6.07) is 4.24.